The Morgan fingerprint density at radius 2 is 1.83 bits per heavy atom. The van der Waals surface area contributed by atoms with E-state index in [-0.39, 0.29) is 15.8 Å². The van der Waals surface area contributed by atoms with Crippen molar-refractivity contribution in [2.75, 3.05) is 13.1 Å². The van der Waals surface area contributed by atoms with Crippen LogP contribution >= 0.6 is 0 Å². The molecular formula is C20H25F3N2O3S. The van der Waals surface area contributed by atoms with Crippen LogP contribution in [-0.2, 0) is 23.2 Å². The van der Waals surface area contributed by atoms with E-state index in [1.165, 1.54) is 23.5 Å². The van der Waals surface area contributed by atoms with Crippen LogP contribution in [0.2, 0.25) is 0 Å². The van der Waals surface area contributed by atoms with Gasteiger partial charge in [-0.15, -0.1) is 0 Å². The number of pyridine rings is 1. The minimum atomic E-state index is -4.76. The Morgan fingerprint density at radius 1 is 1.10 bits per heavy atom. The van der Waals surface area contributed by atoms with E-state index in [1.807, 2.05) is 0 Å². The summed E-state index contributed by atoms with van der Waals surface area (Å²) in [6, 6.07) is 4.12. The maximum Gasteiger partial charge on any atom is 0.417 e. The number of hydrogen-bond acceptors (Lipinski definition) is 3. The summed E-state index contributed by atoms with van der Waals surface area (Å²) in [6.07, 6.45) is -0.307. The molecule has 2 aromatic rings. The van der Waals surface area contributed by atoms with Gasteiger partial charge in [0, 0.05) is 31.6 Å². The monoisotopic (exact) mass is 430 g/mol. The van der Waals surface area contributed by atoms with Crippen LogP contribution in [0.25, 0.3) is 10.9 Å². The number of halogens is 3. The molecule has 0 N–H and O–H groups in total. The predicted octanol–water partition coefficient (Wildman–Crippen LogP) is 4.15. The van der Waals surface area contributed by atoms with E-state index < -0.39 is 27.3 Å². The molecule has 1 saturated heterocycles. The molecule has 9 heteroatoms. The van der Waals surface area contributed by atoms with Gasteiger partial charge in [0.15, 0.2) is 0 Å². The second kappa shape index (κ2) is 8.10. The van der Waals surface area contributed by atoms with Crippen LogP contribution in [0.3, 0.4) is 0 Å². The zero-order valence-electron chi connectivity index (χ0n) is 16.5. The lowest BCUT2D eigenvalue weighted by Crippen LogP contribution is -2.35. The summed E-state index contributed by atoms with van der Waals surface area (Å²) < 4.78 is 69.3. The fraction of sp³-hybridized carbons (Fsp3) is 0.550. The molecule has 1 fully saturated rings. The van der Waals surface area contributed by atoms with E-state index >= 15 is 0 Å². The summed E-state index contributed by atoms with van der Waals surface area (Å²) in [5.74, 6) is 0.455. The minimum Gasteiger partial charge on any atom is -0.311 e. The first-order valence-electron chi connectivity index (χ1n) is 9.77. The zero-order chi connectivity index (χ0) is 21.4. The van der Waals surface area contributed by atoms with Gasteiger partial charge >= 0.3 is 6.18 Å². The molecule has 1 aliphatic rings. The van der Waals surface area contributed by atoms with E-state index in [2.05, 4.69) is 6.92 Å². The first-order valence-corrected chi connectivity index (χ1v) is 11.2. The maximum atomic E-state index is 13.5. The second-order valence-corrected chi connectivity index (χ2v) is 9.53. The van der Waals surface area contributed by atoms with Gasteiger partial charge in [-0.25, -0.2) is 8.42 Å². The van der Waals surface area contributed by atoms with Gasteiger partial charge in [-0.2, -0.15) is 17.5 Å². The minimum absolute atomic E-state index is 0.0440. The van der Waals surface area contributed by atoms with Gasteiger partial charge in [0.1, 0.15) is 0 Å². The third-order valence-corrected chi connectivity index (χ3v) is 7.69. The standard InChI is InChI=1S/C20H25F3N2O3S/c1-3-14-6-4-5-10-25(11-9-14)29(27,28)15-7-8-18-16(12-15)17(20(21,22)23)13-19(26)24(18)2/h7-8,12-14H,3-6,9-11H2,1-2H3. The van der Waals surface area contributed by atoms with Gasteiger partial charge < -0.3 is 4.57 Å². The average molecular weight is 430 g/mol. The second-order valence-electron chi connectivity index (χ2n) is 7.59. The highest BCUT2D eigenvalue weighted by molar-refractivity contribution is 7.89. The van der Waals surface area contributed by atoms with Gasteiger partial charge in [0.2, 0.25) is 10.0 Å². The topological polar surface area (TPSA) is 59.4 Å². The van der Waals surface area contributed by atoms with Crippen molar-refractivity contribution in [1.29, 1.82) is 0 Å². The summed E-state index contributed by atoms with van der Waals surface area (Å²) >= 11 is 0. The molecule has 29 heavy (non-hydrogen) atoms. The Kier molecular flexibility index (Phi) is 6.10. The van der Waals surface area contributed by atoms with Crippen LogP contribution in [0.15, 0.2) is 34.0 Å². The van der Waals surface area contributed by atoms with Crippen molar-refractivity contribution in [3.05, 3.63) is 40.2 Å². The highest BCUT2D eigenvalue weighted by Crippen LogP contribution is 2.35. The highest BCUT2D eigenvalue weighted by Gasteiger charge is 2.35. The number of alkyl halides is 3. The SMILES string of the molecule is CCC1CCCCN(S(=O)(=O)c2ccc3c(c2)c(C(F)(F)F)cc(=O)n3C)CC1. The smallest absolute Gasteiger partial charge is 0.311 e. The average Bonchev–Trinajstić information content (AvgIpc) is 2.63. The molecule has 1 aromatic heterocycles. The molecule has 0 aliphatic carbocycles. The van der Waals surface area contributed by atoms with Crippen LogP contribution in [0, 0.1) is 5.92 Å². The Bertz CT molecular complexity index is 1060. The lowest BCUT2D eigenvalue weighted by molar-refractivity contribution is -0.136. The van der Waals surface area contributed by atoms with Crippen LogP contribution < -0.4 is 5.56 Å². The summed E-state index contributed by atoms with van der Waals surface area (Å²) in [7, 11) is -2.57. The Hall–Kier alpha value is -1.87. The number of fused-ring (bicyclic) bond motifs is 1. The van der Waals surface area contributed by atoms with Crippen molar-refractivity contribution >= 4 is 20.9 Å². The van der Waals surface area contributed by atoms with E-state index in [0.717, 1.165) is 42.7 Å². The third kappa shape index (κ3) is 4.35. The molecule has 160 valence electrons. The van der Waals surface area contributed by atoms with Crippen LogP contribution in [0.1, 0.15) is 44.6 Å². The van der Waals surface area contributed by atoms with Crippen LogP contribution in [0.5, 0.6) is 0 Å². The number of aromatic nitrogens is 1. The predicted molar refractivity (Wildman–Crippen MR) is 105 cm³/mol. The number of benzene rings is 1. The summed E-state index contributed by atoms with van der Waals surface area (Å²) in [4.78, 5) is 11.7. The van der Waals surface area contributed by atoms with Crippen molar-refractivity contribution in [2.45, 2.75) is 50.1 Å². The van der Waals surface area contributed by atoms with Crippen molar-refractivity contribution in [3.8, 4) is 0 Å². The molecule has 0 bridgehead atoms. The molecule has 0 saturated carbocycles. The van der Waals surface area contributed by atoms with E-state index in [4.69, 9.17) is 0 Å². The van der Waals surface area contributed by atoms with Crippen LogP contribution in [-0.4, -0.2) is 30.4 Å². The molecule has 3 rings (SSSR count). The fourth-order valence-electron chi connectivity index (χ4n) is 3.94. The van der Waals surface area contributed by atoms with Crippen LogP contribution in [0.4, 0.5) is 13.2 Å². The summed E-state index contributed by atoms with van der Waals surface area (Å²) in [6.45, 7) is 2.80. The molecule has 1 aromatic carbocycles. The van der Waals surface area contributed by atoms with Gasteiger partial charge in [-0.3, -0.25) is 4.79 Å². The first-order chi connectivity index (χ1) is 13.6. The van der Waals surface area contributed by atoms with E-state index in [9.17, 15) is 26.4 Å². The zero-order valence-corrected chi connectivity index (χ0v) is 17.3. The Balaban J connectivity index is 2.09. The normalized spacial score (nSPS) is 19.8. The molecule has 0 amide bonds. The molecule has 1 aliphatic heterocycles. The maximum absolute atomic E-state index is 13.5. The first kappa shape index (κ1) is 21.8. The number of rotatable bonds is 3. The molecule has 1 atom stereocenters. The quantitative estimate of drug-likeness (QED) is 0.735. The molecule has 1 unspecified atom stereocenters. The van der Waals surface area contributed by atoms with Crippen molar-refractivity contribution in [1.82, 2.24) is 8.87 Å². The Morgan fingerprint density at radius 3 is 2.48 bits per heavy atom. The van der Waals surface area contributed by atoms with E-state index in [0.29, 0.717) is 25.1 Å². The third-order valence-electron chi connectivity index (χ3n) is 5.80. The number of hydrogen-bond donors (Lipinski definition) is 0. The fourth-order valence-corrected chi connectivity index (χ4v) is 5.46. The lowest BCUT2D eigenvalue weighted by atomic mass is 9.94. The van der Waals surface area contributed by atoms with Crippen molar-refractivity contribution in [3.63, 3.8) is 0 Å². The summed E-state index contributed by atoms with van der Waals surface area (Å²) in [5.41, 5.74) is -1.87. The molecule has 0 spiro atoms. The molecular weight excluding hydrogens is 405 g/mol. The van der Waals surface area contributed by atoms with Crippen molar-refractivity contribution in [2.24, 2.45) is 13.0 Å². The number of aryl methyl sites for hydroxylation is 1. The van der Waals surface area contributed by atoms with Gasteiger partial charge in [-0.05, 0) is 37.0 Å². The Labute approximate surface area is 168 Å². The molecule has 5 nitrogen and oxygen atoms in total. The van der Waals surface area contributed by atoms with Gasteiger partial charge in [-0.1, -0.05) is 26.2 Å². The molecule has 2 heterocycles. The largest absolute Gasteiger partial charge is 0.417 e. The number of sulfonamides is 1. The van der Waals surface area contributed by atoms with E-state index in [1.54, 1.807) is 0 Å². The number of nitrogens with zero attached hydrogens (tertiary/aromatic N) is 2. The lowest BCUT2D eigenvalue weighted by Gasteiger charge is -2.27. The highest BCUT2D eigenvalue weighted by atomic mass is 32.2. The van der Waals surface area contributed by atoms with Crippen molar-refractivity contribution < 1.29 is 21.6 Å². The summed E-state index contributed by atoms with van der Waals surface area (Å²) in [5, 5.41) is -0.292. The van der Waals surface area contributed by atoms with Gasteiger partial charge in [0.05, 0.1) is 16.0 Å². The molecule has 0 radical (unpaired) electrons. The van der Waals surface area contributed by atoms with Gasteiger partial charge in [0.25, 0.3) is 5.56 Å².